The van der Waals surface area contributed by atoms with Crippen molar-refractivity contribution in [3.05, 3.63) is 83.0 Å². The molecule has 0 aliphatic carbocycles. The summed E-state index contributed by atoms with van der Waals surface area (Å²) in [6.45, 7) is 4.79. The standard InChI is InChI=1S/C26H29FN2O5S/c1-18(15-27)16-29(35(31,32)25-7-5-6-12-28-25)23-13-19(2)20(3)14-24(23)34-17-21-8-10-22(11-9-21)26(30)33-4/h5-14,18H,15-17H2,1-4H3/t18-/m1/s1. The molecule has 1 atom stereocenters. The third kappa shape index (κ3) is 6.16. The van der Waals surface area contributed by atoms with Crippen molar-refractivity contribution in [2.45, 2.75) is 32.4 Å². The van der Waals surface area contributed by atoms with Crippen molar-refractivity contribution in [2.24, 2.45) is 5.92 Å². The van der Waals surface area contributed by atoms with E-state index in [-0.39, 0.29) is 18.2 Å². The fraction of sp³-hybridized carbons (Fsp3) is 0.308. The van der Waals surface area contributed by atoms with E-state index in [0.29, 0.717) is 17.0 Å². The van der Waals surface area contributed by atoms with Gasteiger partial charge in [0.1, 0.15) is 12.4 Å². The van der Waals surface area contributed by atoms with Crippen LogP contribution in [-0.2, 0) is 21.4 Å². The number of aryl methyl sites for hydroxylation is 2. The minimum atomic E-state index is -4.09. The Kier molecular flexibility index (Phi) is 8.45. The summed E-state index contributed by atoms with van der Waals surface area (Å²) >= 11 is 0. The number of carbonyl (C=O) groups excluding carboxylic acids is 1. The number of benzene rings is 2. The number of anilines is 1. The van der Waals surface area contributed by atoms with Crippen molar-refractivity contribution < 1.29 is 27.1 Å². The number of nitrogens with zero attached hydrogens (tertiary/aromatic N) is 2. The molecule has 0 aliphatic heterocycles. The van der Waals surface area contributed by atoms with Gasteiger partial charge in [0, 0.05) is 18.7 Å². The predicted octanol–water partition coefficient (Wildman–Crippen LogP) is 4.86. The van der Waals surface area contributed by atoms with Gasteiger partial charge in [0.05, 0.1) is 25.0 Å². The van der Waals surface area contributed by atoms with Gasteiger partial charge in [0.15, 0.2) is 5.03 Å². The van der Waals surface area contributed by atoms with Crippen molar-refractivity contribution in [2.75, 3.05) is 24.6 Å². The van der Waals surface area contributed by atoms with Gasteiger partial charge >= 0.3 is 5.97 Å². The second-order valence-corrected chi connectivity index (χ2v) is 10.2. The maximum Gasteiger partial charge on any atom is 0.337 e. The summed E-state index contributed by atoms with van der Waals surface area (Å²) in [6.07, 6.45) is 1.40. The average Bonchev–Trinajstić information content (AvgIpc) is 2.87. The fourth-order valence-electron chi connectivity index (χ4n) is 3.37. The van der Waals surface area contributed by atoms with Gasteiger partial charge in [-0.2, -0.15) is 8.42 Å². The van der Waals surface area contributed by atoms with Crippen LogP contribution in [0.2, 0.25) is 0 Å². The summed E-state index contributed by atoms with van der Waals surface area (Å²) in [5, 5.41) is -0.131. The van der Waals surface area contributed by atoms with Gasteiger partial charge in [0.2, 0.25) is 0 Å². The number of hydrogen-bond acceptors (Lipinski definition) is 6. The minimum Gasteiger partial charge on any atom is -0.487 e. The lowest BCUT2D eigenvalue weighted by Crippen LogP contribution is -2.36. The van der Waals surface area contributed by atoms with Gasteiger partial charge in [-0.15, -0.1) is 0 Å². The number of ether oxygens (including phenoxy) is 2. The Morgan fingerprint density at radius 2 is 1.77 bits per heavy atom. The molecule has 9 heteroatoms. The highest BCUT2D eigenvalue weighted by Gasteiger charge is 2.30. The zero-order chi connectivity index (χ0) is 25.6. The van der Waals surface area contributed by atoms with Crippen LogP contribution in [-0.4, -0.2) is 39.7 Å². The number of sulfonamides is 1. The van der Waals surface area contributed by atoms with Crippen molar-refractivity contribution in [1.82, 2.24) is 4.98 Å². The Balaban J connectivity index is 2.00. The smallest absolute Gasteiger partial charge is 0.337 e. The van der Waals surface area contributed by atoms with Gasteiger partial charge in [-0.25, -0.2) is 9.78 Å². The zero-order valence-corrected chi connectivity index (χ0v) is 21.0. The molecule has 0 saturated heterocycles. The van der Waals surface area contributed by atoms with Gasteiger partial charge < -0.3 is 9.47 Å². The average molecular weight is 501 g/mol. The maximum atomic E-state index is 13.6. The SMILES string of the molecule is COC(=O)c1ccc(COc2cc(C)c(C)cc2N(C[C@H](C)CF)S(=O)(=O)c2ccccn2)cc1. The Morgan fingerprint density at radius 3 is 2.37 bits per heavy atom. The van der Waals surface area contributed by atoms with E-state index in [4.69, 9.17) is 9.47 Å². The van der Waals surface area contributed by atoms with Crippen molar-refractivity contribution >= 4 is 21.7 Å². The monoisotopic (exact) mass is 500 g/mol. The molecule has 0 fully saturated rings. The number of methoxy groups -OCH3 is 1. The van der Waals surface area contributed by atoms with Gasteiger partial charge in [-0.1, -0.05) is 25.1 Å². The van der Waals surface area contributed by atoms with E-state index in [2.05, 4.69) is 4.98 Å². The summed E-state index contributed by atoms with van der Waals surface area (Å²) in [4.78, 5) is 15.7. The Bertz CT molecular complexity index is 1260. The molecular weight excluding hydrogens is 471 g/mol. The van der Waals surface area contributed by atoms with Crippen molar-refractivity contribution in [3.63, 3.8) is 0 Å². The van der Waals surface area contributed by atoms with Crippen molar-refractivity contribution in [1.29, 1.82) is 0 Å². The van der Waals surface area contributed by atoms with Gasteiger partial charge in [0.25, 0.3) is 10.0 Å². The number of halogens is 1. The highest BCUT2D eigenvalue weighted by Crippen LogP contribution is 2.36. The summed E-state index contributed by atoms with van der Waals surface area (Å²) < 4.78 is 52.6. The maximum absolute atomic E-state index is 13.6. The first-order valence-electron chi connectivity index (χ1n) is 11.1. The normalized spacial score (nSPS) is 12.1. The Hall–Kier alpha value is -3.46. The highest BCUT2D eigenvalue weighted by atomic mass is 32.2. The molecule has 0 saturated carbocycles. The molecule has 0 amide bonds. The molecular formula is C26H29FN2O5S. The second-order valence-electron chi connectivity index (χ2n) is 8.34. The third-order valence-corrected chi connectivity index (χ3v) is 7.24. The number of hydrogen-bond donors (Lipinski definition) is 0. The summed E-state index contributed by atoms with van der Waals surface area (Å²) in [5.74, 6) is -0.643. The highest BCUT2D eigenvalue weighted by molar-refractivity contribution is 7.92. The molecule has 7 nitrogen and oxygen atoms in total. The molecule has 0 bridgehead atoms. The third-order valence-electron chi connectivity index (χ3n) is 5.55. The van der Waals surface area contributed by atoms with Gasteiger partial charge in [-0.3, -0.25) is 8.70 Å². The number of aromatic nitrogens is 1. The molecule has 35 heavy (non-hydrogen) atoms. The number of esters is 1. The van der Waals surface area contributed by atoms with Crippen LogP contribution in [0.1, 0.15) is 34.0 Å². The summed E-state index contributed by atoms with van der Waals surface area (Å²) in [5.41, 5.74) is 3.28. The van der Waals surface area contributed by atoms with Gasteiger partial charge in [-0.05, 0) is 66.9 Å². The van der Waals surface area contributed by atoms with Crippen LogP contribution < -0.4 is 9.04 Å². The molecule has 3 aromatic rings. The lowest BCUT2D eigenvalue weighted by atomic mass is 10.1. The van der Waals surface area contributed by atoms with Crippen LogP contribution in [0.15, 0.2) is 65.8 Å². The van der Waals surface area contributed by atoms with Crippen LogP contribution in [0.4, 0.5) is 10.1 Å². The minimum absolute atomic E-state index is 0.0813. The van der Waals surface area contributed by atoms with Crippen LogP contribution in [0.5, 0.6) is 5.75 Å². The predicted molar refractivity (Wildman–Crippen MR) is 132 cm³/mol. The first kappa shape index (κ1) is 26.2. The van der Waals surface area contributed by atoms with E-state index in [1.165, 1.54) is 23.7 Å². The van der Waals surface area contributed by atoms with Crippen molar-refractivity contribution in [3.8, 4) is 5.75 Å². The topological polar surface area (TPSA) is 85.8 Å². The van der Waals surface area contributed by atoms with Crippen LogP contribution in [0, 0.1) is 19.8 Å². The molecule has 0 N–H and O–H groups in total. The quantitative estimate of drug-likeness (QED) is 0.370. The lowest BCUT2D eigenvalue weighted by molar-refractivity contribution is 0.0600. The molecule has 2 aromatic carbocycles. The first-order valence-corrected chi connectivity index (χ1v) is 12.5. The summed E-state index contributed by atoms with van der Waals surface area (Å²) in [7, 11) is -2.77. The van der Waals surface area contributed by atoms with E-state index >= 15 is 0 Å². The molecule has 1 aromatic heterocycles. The van der Waals surface area contributed by atoms with E-state index in [0.717, 1.165) is 16.7 Å². The summed E-state index contributed by atoms with van der Waals surface area (Å²) in [6, 6.07) is 14.9. The largest absolute Gasteiger partial charge is 0.487 e. The zero-order valence-electron chi connectivity index (χ0n) is 20.2. The number of carbonyl (C=O) groups is 1. The number of alkyl halides is 1. The Labute approximate surface area is 205 Å². The van der Waals surface area contributed by atoms with E-state index < -0.39 is 28.6 Å². The van der Waals surface area contributed by atoms with Crippen LogP contribution in [0.3, 0.4) is 0 Å². The molecule has 0 spiro atoms. The first-order chi connectivity index (χ1) is 16.7. The van der Waals surface area contributed by atoms with Crippen LogP contribution in [0.25, 0.3) is 0 Å². The lowest BCUT2D eigenvalue weighted by Gasteiger charge is -2.28. The van der Waals surface area contributed by atoms with Crippen LogP contribution >= 0.6 is 0 Å². The number of pyridine rings is 1. The molecule has 0 unspecified atom stereocenters. The Morgan fingerprint density at radius 1 is 1.09 bits per heavy atom. The molecule has 1 heterocycles. The van der Waals surface area contributed by atoms with E-state index in [1.807, 2.05) is 13.8 Å². The fourth-order valence-corrected chi connectivity index (χ4v) is 4.89. The van der Waals surface area contributed by atoms with E-state index in [1.54, 1.807) is 55.5 Å². The number of rotatable bonds is 10. The molecule has 0 aliphatic rings. The second kappa shape index (κ2) is 11.3. The molecule has 0 radical (unpaired) electrons. The molecule has 186 valence electrons. The molecule has 3 rings (SSSR count). The van der Waals surface area contributed by atoms with E-state index in [9.17, 15) is 17.6 Å².